The first kappa shape index (κ1) is 14.0. The molecule has 0 aliphatic carbocycles. The number of amides is 3. The molecule has 3 amide bonds. The molecule has 1 fully saturated rings. The third kappa shape index (κ3) is 3.11. The maximum Gasteiger partial charge on any atom is 0.229 e. The van der Waals surface area contributed by atoms with Gasteiger partial charge in [-0.15, -0.1) is 0 Å². The van der Waals surface area contributed by atoms with Gasteiger partial charge in [0.2, 0.25) is 17.7 Å². The Hall–Kier alpha value is -2.44. The Morgan fingerprint density at radius 3 is 2.55 bits per heavy atom. The summed E-state index contributed by atoms with van der Waals surface area (Å²) in [7, 11) is 0. The van der Waals surface area contributed by atoms with Gasteiger partial charge >= 0.3 is 0 Å². The SMILES string of the molecule is Nc1cc(NC(=O)CCN2C(=O)CCC2=O)ccc1F. The van der Waals surface area contributed by atoms with E-state index in [2.05, 4.69) is 5.32 Å². The number of anilines is 2. The molecule has 1 aliphatic heterocycles. The Bertz CT molecular complexity index is 558. The van der Waals surface area contributed by atoms with Crippen molar-refractivity contribution >= 4 is 29.1 Å². The molecular formula is C13H14FN3O3. The first-order chi connectivity index (χ1) is 9.47. The molecule has 0 saturated carbocycles. The molecule has 0 bridgehead atoms. The third-order valence-electron chi connectivity index (χ3n) is 3.00. The fourth-order valence-corrected chi connectivity index (χ4v) is 1.93. The topological polar surface area (TPSA) is 92.5 Å². The minimum atomic E-state index is -0.559. The maximum atomic E-state index is 13.0. The number of carbonyl (C=O) groups excluding carboxylic acids is 3. The second-order valence-electron chi connectivity index (χ2n) is 4.47. The van der Waals surface area contributed by atoms with Gasteiger partial charge in [0.1, 0.15) is 5.82 Å². The predicted octanol–water partition coefficient (Wildman–Crippen LogP) is 0.885. The van der Waals surface area contributed by atoms with Crippen molar-refractivity contribution in [2.45, 2.75) is 19.3 Å². The fraction of sp³-hybridized carbons (Fsp3) is 0.308. The molecule has 3 N–H and O–H groups in total. The summed E-state index contributed by atoms with van der Waals surface area (Å²) in [6.07, 6.45) is 0.401. The van der Waals surface area contributed by atoms with Crippen LogP contribution in [0.15, 0.2) is 18.2 Å². The van der Waals surface area contributed by atoms with Crippen LogP contribution < -0.4 is 11.1 Å². The van der Waals surface area contributed by atoms with E-state index >= 15 is 0 Å². The lowest BCUT2D eigenvalue weighted by Gasteiger charge is -2.13. The highest BCUT2D eigenvalue weighted by Crippen LogP contribution is 2.17. The minimum absolute atomic E-state index is 0.00520. The van der Waals surface area contributed by atoms with Gasteiger partial charge in [0.25, 0.3) is 0 Å². The molecule has 1 aromatic carbocycles. The number of hydrogen-bond donors (Lipinski definition) is 2. The van der Waals surface area contributed by atoms with Crippen molar-refractivity contribution in [3.05, 3.63) is 24.0 Å². The second-order valence-corrected chi connectivity index (χ2v) is 4.47. The molecule has 20 heavy (non-hydrogen) atoms. The van der Waals surface area contributed by atoms with Crippen LogP contribution in [-0.4, -0.2) is 29.2 Å². The van der Waals surface area contributed by atoms with E-state index in [1.807, 2.05) is 0 Å². The number of benzene rings is 1. The monoisotopic (exact) mass is 279 g/mol. The quantitative estimate of drug-likeness (QED) is 0.632. The van der Waals surface area contributed by atoms with Gasteiger partial charge in [-0.05, 0) is 18.2 Å². The van der Waals surface area contributed by atoms with E-state index in [9.17, 15) is 18.8 Å². The molecule has 1 heterocycles. The summed E-state index contributed by atoms with van der Waals surface area (Å²) in [6.45, 7) is 0.0557. The first-order valence-corrected chi connectivity index (χ1v) is 6.15. The summed E-state index contributed by atoms with van der Waals surface area (Å²) in [5.41, 5.74) is 5.69. The van der Waals surface area contributed by atoms with Crippen LogP contribution in [0.2, 0.25) is 0 Å². The van der Waals surface area contributed by atoms with Crippen LogP contribution in [0.5, 0.6) is 0 Å². The Kier molecular flexibility index (Phi) is 3.97. The van der Waals surface area contributed by atoms with Crippen molar-refractivity contribution in [1.29, 1.82) is 0 Å². The van der Waals surface area contributed by atoms with Gasteiger partial charge in [-0.3, -0.25) is 19.3 Å². The maximum absolute atomic E-state index is 13.0. The number of hydrogen-bond acceptors (Lipinski definition) is 4. The minimum Gasteiger partial charge on any atom is -0.396 e. The molecular weight excluding hydrogens is 265 g/mol. The number of imide groups is 1. The van der Waals surface area contributed by atoms with Crippen LogP contribution in [0.3, 0.4) is 0 Å². The van der Waals surface area contributed by atoms with Gasteiger partial charge in [0.15, 0.2) is 0 Å². The van der Waals surface area contributed by atoms with Crippen LogP contribution in [0.4, 0.5) is 15.8 Å². The van der Waals surface area contributed by atoms with Crippen molar-refractivity contribution in [2.24, 2.45) is 0 Å². The molecule has 0 aromatic heterocycles. The lowest BCUT2D eigenvalue weighted by atomic mass is 10.2. The number of nitrogens with zero attached hydrogens (tertiary/aromatic N) is 1. The number of rotatable bonds is 4. The predicted molar refractivity (Wildman–Crippen MR) is 70.0 cm³/mol. The average molecular weight is 279 g/mol. The van der Waals surface area contributed by atoms with Crippen molar-refractivity contribution in [3.63, 3.8) is 0 Å². The van der Waals surface area contributed by atoms with Crippen molar-refractivity contribution in [2.75, 3.05) is 17.6 Å². The van der Waals surface area contributed by atoms with E-state index < -0.39 is 5.82 Å². The van der Waals surface area contributed by atoms with E-state index in [1.54, 1.807) is 0 Å². The summed E-state index contributed by atoms with van der Waals surface area (Å²) in [5, 5.41) is 2.53. The highest BCUT2D eigenvalue weighted by atomic mass is 19.1. The molecule has 6 nitrogen and oxygen atoms in total. The first-order valence-electron chi connectivity index (χ1n) is 6.15. The summed E-state index contributed by atoms with van der Waals surface area (Å²) in [5.74, 6) is -1.44. The molecule has 0 atom stereocenters. The van der Waals surface area contributed by atoms with Crippen LogP contribution >= 0.6 is 0 Å². The Balaban J connectivity index is 1.88. The Morgan fingerprint density at radius 1 is 1.30 bits per heavy atom. The molecule has 0 unspecified atom stereocenters. The van der Waals surface area contributed by atoms with E-state index in [-0.39, 0.29) is 49.2 Å². The molecule has 7 heteroatoms. The summed E-state index contributed by atoms with van der Waals surface area (Å²) in [6, 6.07) is 3.84. The number of nitrogens with two attached hydrogens (primary N) is 1. The highest BCUT2D eigenvalue weighted by Gasteiger charge is 2.28. The standard InChI is InChI=1S/C13H14FN3O3/c14-9-2-1-8(7-10(9)15)16-11(18)5-6-17-12(19)3-4-13(17)20/h1-2,7H,3-6,15H2,(H,16,18). The van der Waals surface area contributed by atoms with Gasteiger partial charge in [-0.1, -0.05) is 0 Å². The van der Waals surface area contributed by atoms with Crippen LogP contribution in [-0.2, 0) is 14.4 Å². The normalized spacial score (nSPS) is 14.8. The van der Waals surface area contributed by atoms with Crippen LogP contribution in [0, 0.1) is 5.82 Å². The van der Waals surface area contributed by atoms with Crippen molar-refractivity contribution in [3.8, 4) is 0 Å². The summed E-state index contributed by atoms with van der Waals surface area (Å²) >= 11 is 0. The van der Waals surface area contributed by atoms with Gasteiger partial charge in [-0.25, -0.2) is 4.39 Å². The molecule has 0 spiro atoms. The second kappa shape index (κ2) is 5.68. The zero-order chi connectivity index (χ0) is 14.7. The number of halogens is 1. The number of nitrogens with one attached hydrogen (secondary N) is 1. The van der Waals surface area contributed by atoms with Crippen LogP contribution in [0.25, 0.3) is 0 Å². The van der Waals surface area contributed by atoms with Gasteiger partial charge < -0.3 is 11.1 Å². The Labute approximate surface area is 114 Å². The number of nitrogen functional groups attached to an aromatic ring is 1. The highest BCUT2D eigenvalue weighted by molar-refractivity contribution is 6.02. The van der Waals surface area contributed by atoms with Crippen LogP contribution in [0.1, 0.15) is 19.3 Å². The van der Waals surface area contributed by atoms with Gasteiger partial charge in [0.05, 0.1) is 5.69 Å². The lowest BCUT2D eigenvalue weighted by molar-refractivity contribution is -0.138. The van der Waals surface area contributed by atoms with E-state index in [0.717, 1.165) is 11.0 Å². The molecule has 1 saturated heterocycles. The van der Waals surface area contributed by atoms with Gasteiger partial charge in [0, 0.05) is 31.5 Å². The Morgan fingerprint density at radius 2 is 1.95 bits per heavy atom. The lowest BCUT2D eigenvalue weighted by Crippen LogP contribution is -2.32. The summed E-state index contributed by atoms with van der Waals surface area (Å²) < 4.78 is 13.0. The van der Waals surface area contributed by atoms with E-state index in [1.165, 1.54) is 12.1 Å². The van der Waals surface area contributed by atoms with Crippen molar-refractivity contribution < 1.29 is 18.8 Å². The summed E-state index contributed by atoms with van der Waals surface area (Å²) in [4.78, 5) is 35.5. The largest absolute Gasteiger partial charge is 0.396 e. The fourth-order valence-electron chi connectivity index (χ4n) is 1.93. The van der Waals surface area contributed by atoms with Crippen molar-refractivity contribution in [1.82, 2.24) is 4.90 Å². The zero-order valence-electron chi connectivity index (χ0n) is 10.7. The number of likely N-dealkylation sites (tertiary alicyclic amines) is 1. The molecule has 1 aliphatic rings. The van der Waals surface area contributed by atoms with Gasteiger partial charge in [-0.2, -0.15) is 0 Å². The molecule has 2 rings (SSSR count). The number of carbonyl (C=O) groups is 3. The smallest absolute Gasteiger partial charge is 0.229 e. The molecule has 106 valence electrons. The zero-order valence-corrected chi connectivity index (χ0v) is 10.7. The average Bonchev–Trinajstić information content (AvgIpc) is 2.71. The molecule has 1 aromatic rings. The van der Waals surface area contributed by atoms with E-state index in [0.29, 0.717) is 5.69 Å². The van der Waals surface area contributed by atoms with E-state index in [4.69, 9.17) is 5.73 Å². The third-order valence-corrected chi connectivity index (χ3v) is 3.00. The molecule has 0 radical (unpaired) electrons.